The largest absolute Gasteiger partial charge is 0.397 e. The average Bonchev–Trinajstić information content (AvgIpc) is 2.42. The van der Waals surface area contributed by atoms with Gasteiger partial charge in [0.05, 0.1) is 17.4 Å². The van der Waals surface area contributed by atoms with Gasteiger partial charge in [0, 0.05) is 6.54 Å². The van der Waals surface area contributed by atoms with Crippen LogP contribution in [0.4, 0.5) is 15.9 Å². The zero-order chi connectivity index (χ0) is 14.5. The molecule has 0 amide bonds. The van der Waals surface area contributed by atoms with Crippen molar-refractivity contribution in [2.45, 2.75) is 13.3 Å². The van der Waals surface area contributed by atoms with Crippen LogP contribution in [0, 0.1) is 24.1 Å². The Morgan fingerprint density at radius 1 is 1.40 bits per heavy atom. The summed E-state index contributed by atoms with van der Waals surface area (Å²) in [6, 6.07) is 8.36. The highest BCUT2D eigenvalue weighted by Crippen LogP contribution is 2.15. The second-order valence-electron chi connectivity index (χ2n) is 4.52. The van der Waals surface area contributed by atoms with Gasteiger partial charge in [-0.3, -0.25) is 0 Å². The Morgan fingerprint density at radius 2 is 2.20 bits per heavy atom. The van der Waals surface area contributed by atoms with E-state index >= 15 is 0 Å². The van der Waals surface area contributed by atoms with Crippen LogP contribution in [0.2, 0.25) is 0 Å². The summed E-state index contributed by atoms with van der Waals surface area (Å²) in [7, 11) is 0. The minimum Gasteiger partial charge on any atom is -0.397 e. The molecule has 0 atom stereocenters. The van der Waals surface area contributed by atoms with Gasteiger partial charge in [0.2, 0.25) is 0 Å². The summed E-state index contributed by atoms with van der Waals surface area (Å²) in [5.41, 5.74) is 8.43. The van der Waals surface area contributed by atoms with Crippen LogP contribution in [0.1, 0.15) is 16.7 Å². The minimum atomic E-state index is -0.230. The summed E-state index contributed by atoms with van der Waals surface area (Å²) in [6.45, 7) is 2.48. The number of nitrogen functional groups attached to an aromatic ring is 1. The number of nitrogens with zero attached hydrogens (tertiary/aromatic N) is 2. The number of hydrogen-bond donors (Lipinski definition) is 2. The summed E-state index contributed by atoms with van der Waals surface area (Å²) in [5.74, 6) is 0.285. The lowest BCUT2D eigenvalue weighted by Gasteiger charge is -2.09. The van der Waals surface area contributed by atoms with Gasteiger partial charge in [-0.05, 0) is 42.7 Å². The van der Waals surface area contributed by atoms with E-state index in [1.165, 1.54) is 18.3 Å². The van der Waals surface area contributed by atoms with E-state index < -0.39 is 0 Å². The molecule has 4 nitrogen and oxygen atoms in total. The van der Waals surface area contributed by atoms with Gasteiger partial charge in [-0.15, -0.1) is 0 Å². The zero-order valence-electron chi connectivity index (χ0n) is 11.2. The zero-order valence-corrected chi connectivity index (χ0v) is 11.2. The van der Waals surface area contributed by atoms with Gasteiger partial charge in [-0.25, -0.2) is 9.37 Å². The van der Waals surface area contributed by atoms with Crippen molar-refractivity contribution in [3.63, 3.8) is 0 Å². The van der Waals surface area contributed by atoms with Crippen molar-refractivity contribution >= 4 is 11.5 Å². The molecule has 102 valence electrons. The molecule has 5 heteroatoms. The molecule has 0 fully saturated rings. The molecule has 1 aromatic carbocycles. The number of pyridine rings is 1. The third-order valence-corrected chi connectivity index (χ3v) is 3.02. The van der Waals surface area contributed by atoms with E-state index in [0.717, 1.165) is 17.5 Å². The van der Waals surface area contributed by atoms with Crippen molar-refractivity contribution in [2.75, 3.05) is 17.6 Å². The van der Waals surface area contributed by atoms with Crippen molar-refractivity contribution in [3.05, 3.63) is 53.0 Å². The molecule has 0 radical (unpaired) electrons. The summed E-state index contributed by atoms with van der Waals surface area (Å²) < 4.78 is 13.0. The van der Waals surface area contributed by atoms with Gasteiger partial charge < -0.3 is 11.1 Å². The highest BCUT2D eigenvalue weighted by Gasteiger charge is 2.05. The predicted octanol–water partition coefficient (Wildman–Crippen LogP) is 2.64. The number of nitrogens with one attached hydrogen (secondary N) is 1. The summed E-state index contributed by atoms with van der Waals surface area (Å²) in [5, 5.41) is 12.1. The van der Waals surface area contributed by atoms with E-state index in [-0.39, 0.29) is 5.82 Å². The molecule has 3 N–H and O–H groups in total. The maximum atomic E-state index is 13.0. The van der Waals surface area contributed by atoms with Gasteiger partial charge in [0.1, 0.15) is 17.7 Å². The molecule has 0 aliphatic heterocycles. The second kappa shape index (κ2) is 6.02. The van der Waals surface area contributed by atoms with Crippen molar-refractivity contribution in [3.8, 4) is 6.07 Å². The smallest absolute Gasteiger partial charge is 0.144 e. The van der Waals surface area contributed by atoms with E-state index in [0.29, 0.717) is 23.6 Å². The van der Waals surface area contributed by atoms with Gasteiger partial charge in [0.15, 0.2) is 0 Å². The SMILES string of the molecule is Cc1cc(F)ccc1CCNc1ncc(N)cc1C#N. The van der Waals surface area contributed by atoms with E-state index in [2.05, 4.69) is 10.3 Å². The lowest BCUT2D eigenvalue weighted by Crippen LogP contribution is -2.09. The topological polar surface area (TPSA) is 74.7 Å². The Hall–Kier alpha value is -2.61. The molecule has 2 aromatic rings. The van der Waals surface area contributed by atoms with Crippen LogP contribution in [0.15, 0.2) is 30.5 Å². The molecular formula is C15H15FN4. The number of hydrogen-bond acceptors (Lipinski definition) is 4. The maximum Gasteiger partial charge on any atom is 0.144 e. The Bertz CT molecular complexity index is 661. The summed E-state index contributed by atoms with van der Waals surface area (Å²) in [4.78, 5) is 4.10. The normalized spacial score (nSPS) is 10.1. The minimum absolute atomic E-state index is 0.230. The van der Waals surface area contributed by atoms with Gasteiger partial charge >= 0.3 is 0 Å². The number of aromatic nitrogens is 1. The van der Waals surface area contributed by atoms with Crippen molar-refractivity contribution in [1.29, 1.82) is 5.26 Å². The standard InChI is InChI=1S/C15H15FN4/c1-10-6-13(16)3-2-11(10)4-5-19-15-12(8-17)7-14(18)9-20-15/h2-3,6-7,9H,4-5,18H2,1H3,(H,19,20). The fourth-order valence-corrected chi connectivity index (χ4v) is 1.96. The Balaban J connectivity index is 2.01. The number of rotatable bonds is 4. The number of nitriles is 1. The number of aryl methyl sites for hydroxylation is 1. The van der Waals surface area contributed by atoms with E-state index in [1.54, 1.807) is 12.1 Å². The van der Waals surface area contributed by atoms with Crippen LogP contribution in [0.5, 0.6) is 0 Å². The molecule has 0 saturated carbocycles. The highest BCUT2D eigenvalue weighted by molar-refractivity contribution is 5.57. The third-order valence-electron chi connectivity index (χ3n) is 3.02. The van der Waals surface area contributed by atoms with Gasteiger partial charge in [0.25, 0.3) is 0 Å². The van der Waals surface area contributed by atoms with Gasteiger partial charge in [-0.1, -0.05) is 6.07 Å². The molecule has 20 heavy (non-hydrogen) atoms. The molecule has 0 aliphatic rings. The number of halogens is 1. The molecule has 0 aliphatic carbocycles. The quantitative estimate of drug-likeness (QED) is 0.895. The molecule has 0 unspecified atom stereocenters. The lowest BCUT2D eigenvalue weighted by atomic mass is 10.1. The Labute approximate surface area is 117 Å². The monoisotopic (exact) mass is 270 g/mol. The van der Waals surface area contributed by atoms with Crippen molar-refractivity contribution in [1.82, 2.24) is 4.98 Å². The van der Waals surface area contributed by atoms with Crippen molar-refractivity contribution in [2.24, 2.45) is 0 Å². The Kier molecular flexibility index (Phi) is 4.16. The van der Waals surface area contributed by atoms with Crippen LogP contribution in [0.3, 0.4) is 0 Å². The summed E-state index contributed by atoms with van der Waals surface area (Å²) in [6.07, 6.45) is 2.23. The first-order chi connectivity index (χ1) is 9.60. The first-order valence-electron chi connectivity index (χ1n) is 6.24. The molecule has 0 bridgehead atoms. The molecule has 0 saturated heterocycles. The molecule has 1 heterocycles. The number of benzene rings is 1. The van der Waals surface area contributed by atoms with Crippen LogP contribution in [0.25, 0.3) is 0 Å². The lowest BCUT2D eigenvalue weighted by molar-refractivity contribution is 0.625. The number of anilines is 2. The van der Waals surface area contributed by atoms with E-state index in [1.807, 2.05) is 13.0 Å². The van der Waals surface area contributed by atoms with Gasteiger partial charge in [-0.2, -0.15) is 5.26 Å². The van der Waals surface area contributed by atoms with E-state index in [4.69, 9.17) is 11.0 Å². The molecule has 1 aromatic heterocycles. The van der Waals surface area contributed by atoms with Crippen LogP contribution in [-0.2, 0) is 6.42 Å². The maximum absolute atomic E-state index is 13.0. The van der Waals surface area contributed by atoms with Crippen LogP contribution >= 0.6 is 0 Å². The molecular weight excluding hydrogens is 255 g/mol. The Morgan fingerprint density at radius 3 is 2.90 bits per heavy atom. The molecule has 2 rings (SSSR count). The summed E-state index contributed by atoms with van der Waals surface area (Å²) >= 11 is 0. The first-order valence-corrected chi connectivity index (χ1v) is 6.24. The van der Waals surface area contributed by atoms with E-state index in [9.17, 15) is 4.39 Å². The van der Waals surface area contributed by atoms with Crippen LogP contribution < -0.4 is 11.1 Å². The highest BCUT2D eigenvalue weighted by atomic mass is 19.1. The number of nitrogens with two attached hydrogens (primary N) is 1. The predicted molar refractivity (Wildman–Crippen MR) is 76.7 cm³/mol. The van der Waals surface area contributed by atoms with Crippen molar-refractivity contribution < 1.29 is 4.39 Å². The average molecular weight is 270 g/mol. The first kappa shape index (κ1) is 13.8. The fourth-order valence-electron chi connectivity index (χ4n) is 1.96. The van der Waals surface area contributed by atoms with Crippen LogP contribution in [-0.4, -0.2) is 11.5 Å². The fraction of sp³-hybridized carbons (Fsp3) is 0.200. The second-order valence-corrected chi connectivity index (χ2v) is 4.52. The third kappa shape index (κ3) is 3.23. The molecule has 0 spiro atoms.